The zero-order valence-electron chi connectivity index (χ0n) is 14.9. The first kappa shape index (κ1) is 16.8. The Balaban J connectivity index is 1.24. The van der Waals surface area contributed by atoms with Crippen molar-refractivity contribution in [3.8, 4) is 5.69 Å². The molecule has 0 saturated carbocycles. The topological polar surface area (TPSA) is 33.5 Å². The third-order valence-corrected chi connectivity index (χ3v) is 5.44. The lowest BCUT2D eigenvalue weighted by Crippen LogP contribution is -2.42. The summed E-state index contributed by atoms with van der Waals surface area (Å²) in [6, 6.07) is 10.7. The van der Waals surface area contributed by atoms with E-state index >= 15 is 0 Å². The summed E-state index contributed by atoms with van der Waals surface area (Å²) >= 11 is 0. The molecule has 2 fully saturated rings. The van der Waals surface area contributed by atoms with Gasteiger partial charge in [-0.3, -0.25) is 9.80 Å². The van der Waals surface area contributed by atoms with Crippen LogP contribution in [0.3, 0.4) is 0 Å². The van der Waals surface area contributed by atoms with Crippen LogP contribution >= 0.6 is 0 Å². The van der Waals surface area contributed by atoms with Gasteiger partial charge in [0.1, 0.15) is 0 Å². The maximum absolute atomic E-state index is 5.45. The minimum absolute atomic E-state index is 0.858. The maximum Gasteiger partial charge on any atom is 0.0645 e. The summed E-state index contributed by atoms with van der Waals surface area (Å²) in [6.45, 7) is 8.80. The number of morpholine rings is 1. The monoisotopic (exact) mass is 340 g/mol. The molecule has 134 valence electrons. The molecule has 0 unspecified atom stereocenters. The second-order valence-corrected chi connectivity index (χ2v) is 7.25. The molecule has 0 amide bonds. The molecule has 0 atom stereocenters. The molecule has 25 heavy (non-hydrogen) atoms. The van der Waals surface area contributed by atoms with Crippen molar-refractivity contribution in [2.75, 3.05) is 45.9 Å². The van der Waals surface area contributed by atoms with Crippen LogP contribution in [0, 0.1) is 5.92 Å². The van der Waals surface area contributed by atoms with E-state index < -0.39 is 0 Å². The summed E-state index contributed by atoms with van der Waals surface area (Å²) in [5.41, 5.74) is 2.51. The van der Waals surface area contributed by atoms with E-state index in [4.69, 9.17) is 4.74 Å². The van der Waals surface area contributed by atoms with Crippen LogP contribution in [0.2, 0.25) is 0 Å². The number of hydrogen-bond donors (Lipinski definition) is 0. The van der Waals surface area contributed by atoms with Gasteiger partial charge in [0, 0.05) is 38.6 Å². The van der Waals surface area contributed by atoms with Crippen LogP contribution in [0.1, 0.15) is 18.4 Å². The number of rotatable bonds is 5. The molecule has 1 aromatic carbocycles. The molecule has 5 heteroatoms. The normalized spacial score (nSPS) is 20.8. The van der Waals surface area contributed by atoms with Crippen molar-refractivity contribution in [3.05, 3.63) is 48.3 Å². The fourth-order valence-electron chi connectivity index (χ4n) is 3.91. The number of piperidine rings is 1. The molecule has 0 N–H and O–H groups in total. The van der Waals surface area contributed by atoms with Crippen LogP contribution < -0.4 is 0 Å². The van der Waals surface area contributed by atoms with Crippen LogP contribution in [0.15, 0.2) is 42.7 Å². The first-order chi connectivity index (χ1) is 12.4. The average molecular weight is 340 g/mol. The molecule has 2 aliphatic heterocycles. The summed E-state index contributed by atoms with van der Waals surface area (Å²) in [4.78, 5) is 5.18. The second-order valence-electron chi connectivity index (χ2n) is 7.25. The van der Waals surface area contributed by atoms with E-state index in [0.717, 1.165) is 44.5 Å². The van der Waals surface area contributed by atoms with Gasteiger partial charge < -0.3 is 4.74 Å². The third-order valence-electron chi connectivity index (χ3n) is 5.44. The minimum atomic E-state index is 0.858. The smallest absolute Gasteiger partial charge is 0.0645 e. The number of aromatic nitrogens is 2. The predicted octanol–water partition coefficient (Wildman–Crippen LogP) is 2.42. The van der Waals surface area contributed by atoms with E-state index in [0.29, 0.717) is 0 Å². The summed E-state index contributed by atoms with van der Waals surface area (Å²) in [6.07, 6.45) is 6.44. The maximum atomic E-state index is 5.45. The van der Waals surface area contributed by atoms with Crippen LogP contribution in [0.5, 0.6) is 0 Å². The lowest BCUT2D eigenvalue weighted by atomic mass is 9.95. The Labute approximate surface area is 150 Å². The lowest BCUT2D eigenvalue weighted by Gasteiger charge is -2.36. The summed E-state index contributed by atoms with van der Waals surface area (Å²) in [5.74, 6) is 0.858. The molecule has 0 spiro atoms. The van der Waals surface area contributed by atoms with Gasteiger partial charge in [-0.2, -0.15) is 5.10 Å². The largest absolute Gasteiger partial charge is 0.379 e. The van der Waals surface area contributed by atoms with Gasteiger partial charge in [-0.15, -0.1) is 0 Å². The Morgan fingerprint density at radius 3 is 2.40 bits per heavy atom. The quantitative estimate of drug-likeness (QED) is 0.837. The number of likely N-dealkylation sites (tertiary alicyclic amines) is 1. The van der Waals surface area contributed by atoms with E-state index in [9.17, 15) is 0 Å². The first-order valence-electron chi connectivity index (χ1n) is 9.48. The van der Waals surface area contributed by atoms with Gasteiger partial charge in [0.15, 0.2) is 0 Å². The predicted molar refractivity (Wildman–Crippen MR) is 98.8 cm³/mol. The minimum Gasteiger partial charge on any atom is -0.379 e. The Bertz CT molecular complexity index is 626. The highest BCUT2D eigenvalue weighted by Gasteiger charge is 2.22. The fourth-order valence-corrected chi connectivity index (χ4v) is 3.91. The number of nitrogens with zero attached hydrogens (tertiary/aromatic N) is 4. The van der Waals surface area contributed by atoms with Gasteiger partial charge in [0.2, 0.25) is 0 Å². The van der Waals surface area contributed by atoms with E-state index in [-0.39, 0.29) is 0 Å². The van der Waals surface area contributed by atoms with Crippen molar-refractivity contribution in [2.24, 2.45) is 5.92 Å². The van der Waals surface area contributed by atoms with Crippen molar-refractivity contribution in [3.63, 3.8) is 0 Å². The van der Waals surface area contributed by atoms with Gasteiger partial charge in [-0.25, -0.2) is 4.68 Å². The molecular formula is C20H28N4O. The van der Waals surface area contributed by atoms with Crippen LogP contribution in [-0.2, 0) is 11.3 Å². The van der Waals surface area contributed by atoms with E-state index in [1.165, 1.54) is 38.0 Å². The molecule has 0 radical (unpaired) electrons. The summed E-state index contributed by atoms with van der Waals surface area (Å²) in [5, 5.41) is 4.28. The number of ether oxygens (including phenoxy) is 1. The molecule has 0 aliphatic carbocycles. The number of hydrogen-bond acceptors (Lipinski definition) is 4. The van der Waals surface area contributed by atoms with Gasteiger partial charge >= 0.3 is 0 Å². The SMILES string of the molecule is c1cnn(-c2ccc(CN3CCC(CN4CCOCC4)CC3)cc2)c1. The highest BCUT2D eigenvalue weighted by atomic mass is 16.5. The molecule has 2 saturated heterocycles. The van der Waals surface area contributed by atoms with Crippen LogP contribution in [0.25, 0.3) is 5.69 Å². The molecule has 4 rings (SSSR count). The first-order valence-corrected chi connectivity index (χ1v) is 9.48. The van der Waals surface area contributed by atoms with Gasteiger partial charge in [0.05, 0.1) is 18.9 Å². The molecule has 3 heterocycles. The van der Waals surface area contributed by atoms with Crippen molar-refractivity contribution in [1.82, 2.24) is 19.6 Å². The zero-order chi connectivity index (χ0) is 16.9. The second kappa shape index (κ2) is 8.13. The van der Waals surface area contributed by atoms with Crippen molar-refractivity contribution >= 4 is 0 Å². The highest BCUT2D eigenvalue weighted by Crippen LogP contribution is 2.21. The van der Waals surface area contributed by atoms with E-state index in [1.54, 1.807) is 0 Å². The van der Waals surface area contributed by atoms with Gasteiger partial charge in [0.25, 0.3) is 0 Å². The molecule has 2 aliphatic rings. The Kier molecular flexibility index (Phi) is 5.45. The van der Waals surface area contributed by atoms with Crippen LogP contribution in [0.4, 0.5) is 0 Å². The molecule has 1 aromatic heterocycles. The standard InChI is InChI=1S/C20H28N4O/c1-8-21-24(9-1)20-4-2-18(3-5-20)16-22-10-6-19(7-11-22)17-23-12-14-25-15-13-23/h1-5,8-9,19H,6-7,10-17H2. The molecular weight excluding hydrogens is 312 g/mol. The van der Waals surface area contributed by atoms with Gasteiger partial charge in [-0.1, -0.05) is 12.1 Å². The van der Waals surface area contributed by atoms with Crippen LogP contribution in [-0.4, -0.2) is 65.5 Å². The highest BCUT2D eigenvalue weighted by molar-refractivity contribution is 5.33. The molecule has 2 aromatic rings. The van der Waals surface area contributed by atoms with Crippen molar-refractivity contribution in [2.45, 2.75) is 19.4 Å². The average Bonchev–Trinajstić information content (AvgIpc) is 3.20. The molecule has 5 nitrogen and oxygen atoms in total. The Morgan fingerprint density at radius 1 is 0.960 bits per heavy atom. The zero-order valence-corrected chi connectivity index (χ0v) is 14.9. The van der Waals surface area contributed by atoms with Gasteiger partial charge in [-0.05, 0) is 55.6 Å². The van der Waals surface area contributed by atoms with E-state index in [1.807, 2.05) is 23.1 Å². The molecule has 0 bridgehead atoms. The number of benzene rings is 1. The summed E-state index contributed by atoms with van der Waals surface area (Å²) < 4.78 is 7.35. The van der Waals surface area contributed by atoms with E-state index in [2.05, 4.69) is 39.2 Å². The van der Waals surface area contributed by atoms with Crippen molar-refractivity contribution < 1.29 is 4.74 Å². The Morgan fingerprint density at radius 2 is 1.72 bits per heavy atom. The van der Waals surface area contributed by atoms with Crippen molar-refractivity contribution in [1.29, 1.82) is 0 Å². The third kappa shape index (κ3) is 4.48. The lowest BCUT2D eigenvalue weighted by molar-refractivity contribution is 0.0242. The summed E-state index contributed by atoms with van der Waals surface area (Å²) in [7, 11) is 0. The Hall–Kier alpha value is -1.69. The fraction of sp³-hybridized carbons (Fsp3) is 0.550.